The minimum absolute atomic E-state index is 0.0426. The van der Waals surface area contributed by atoms with Crippen LogP contribution in [0.1, 0.15) is 32.6 Å². The summed E-state index contributed by atoms with van der Waals surface area (Å²) in [6.07, 6.45) is 2.84. The van der Waals surface area contributed by atoms with Crippen molar-refractivity contribution in [3.63, 3.8) is 0 Å². The van der Waals surface area contributed by atoms with E-state index in [-0.39, 0.29) is 24.1 Å². The molecule has 1 aliphatic carbocycles. The van der Waals surface area contributed by atoms with Crippen LogP contribution in [-0.4, -0.2) is 31.3 Å². The molecule has 0 bridgehead atoms. The second-order valence-corrected chi connectivity index (χ2v) is 6.04. The molecule has 1 rings (SSSR count). The van der Waals surface area contributed by atoms with Crippen LogP contribution in [0.2, 0.25) is 0 Å². The van der Waals surface area contributed by atoms with E-state index in [1.165, 1.54) is 0 Å². The molecule has 0 radical (unpaired) electrons. The van der Waals surface area contributed by atoms with Gasteiger partial charge in [-0.05, 0) is 25.2 Å². The van der Waals surface area contributed by atoms with Gasteiger partial charge < -0.3 is 10.9 Å². The van der Waals surface area contributed by atoms with Gasteiger partial charge >= 0.3 is 0 Å². The number of amidine groups is 1. The summed E-state index contributed by atoms with van der Waals surface area (Å²) < 4.78 is 25.9. The van der Waals surface area contributed by atoms with Crippen molar-refractivity contribution in [3.8, 4) is 0 Å². The number of sulfonamides is 1. The molecule has 7 heteroatoms. The van der Waals surface area contributed by atoms with E-state index in [1.54, 1.807) is 0 Å². The van der Waals surface area contributed by atoms with Crippen LogP contribution in [0.3, 0.4) is 0 Å². The molecule has 16 heavy (non-hydrogen) atoms. The topological polar surface area (TPSA) is 105 Å². The van der Waals surface area contributed by atoms with Crippen LogP contribution in [0, 0.1) is 5.92 Å². The first-order valence-corrected chi connectivity index (χ1v) is 7.08. The van der Waals surface area contributed by atoms with Crippen LogP contribution in [-0.2, 0) is 10.0 Å². The molecule has 0 amide bonds. The Morgan fingerprint density at radius 1 is 1.62 bits per heavy atom. The average molecular weight is 249 g/mol. The molecule has 0 saturated heterocycles. The fraction of sp³-hybridized carbons (Fsp3) is 0.889. The number of hydrogen-bond acceptors (Lipinski definition) is 4. The summed E-state index contributed by atoms with van der Waals surface area (Å²) in [5, 5.41) is 11.3. The Balaban J connectivity index is 2.47. The van der Waals surface area contributed by atoms with Crippen molar-refractivity contribution < 1.29 is 13.6 Å². The molecular formula is C9H19N3O3S. The van der Waals surface area contributed by atoms with Crippen molar-refractivity contribution in [2.45, 2.75) is 38.6 Å². The molecule has 6 nitrogen and oxygen atoms in total. The van der Waals surface area contributed by atoms with Gasteiger partial charge in [-0.25, -0.2) is 13.1 Å². The predicted octanol–water partition coefficient (Wildman–Crippen LogP) is 0.231. The highest BCUT2D eigenvalue weighted by atomic mass is 32.2. The predicted molar refractivity (Wildman–Crippen MR) is 61.8 cm³/mol. The first kappa shape index (κ1) is 13.2. The summed E-state index contributed by atoms with van der Waals surface area (Å²) in [6.45, 7) is 1.86. The zero-order valence-electron chi connectivity index (χ0n) is 9.39. The van der Waals surface area contributed by atoms with Crippen molar-refractivity contribution in [1.29, 1.82) is 0 Å². The van der Waals surface area contributed by atoms with Crippen LogP contribution < -0.4 is 10.5 Å². The lowest BCUT2D eigenvalue weighted by Gasteiger charge is -2.16. The highest BCUT2D eigenvalue weighted by Crippen LogP contribution is 2.30. The Hall–Kier alpha value is -0.820. The van der Waals surface area contributed by atoms with Gasteiger partial charge in [-0.1, -0.05) is 12.1 Å². The number of nitrogens with zero attached hydrogens (tertiary/aromatic N) is 1. The van der Waals surface area contributed by atoms with E-state index in [0.717, 1.165) is 12.8 Å². The van der Waals surface area contributed by atoms with Gasteiger partial charge in [-0.2, -0.15) is 0 Å². The van der Waals surface area contributed by atoms with Crippen LogP contribution >= 0.6 is 0 Å². The SMILES string of the molecule is CCC(CC(N)=NO)NS(=O)(=O)CC1CC1. The minimum atomic E-state index is -3.23. The highest BCUT2D eigenvalue weighted by molar-refractivity contribution is 7.89. The molecule has 1 aliphatic rings. The van der Waals surface area contributed by atoms with Crippen LogP contribution in [0.4, 0.5) is 0 Å². The fourth-order valence-corrected chi connectivity index (χ4v) is 3.27. The standard InChI is InChI=1S/C9H19N3O3S/c1-2-8(5-9(10)11-13)12-16(14,15)6-7-3-4-7/h7-8,12-13H,2-6H2,1H3,(H2,10,11). The van der Waals surface area contributed by atoms with E-state index >= 15 is 0 Å². The van der Waals surface area contributed by atoms with Gasteiger partial charge in [0.1, 0.15) is 5.84 Å². The number of hydrogen-bond donors (Lipinski definition) is 3. The van der Waals surface area contributed by atoms with Crippen LogP contribution in [0.5, 0.6) is 0 Å². The molecule has 4 N–H and O–H groups in total. The number of nitrogens with two attached hydrogens (primary N) is 1. The van der Waals surface area contributed by atoms with Gasteiger partial charge in [0.2, 0.25) is 10.0 Å². The normalized spacial score (nSPS) is 19.7. The van der Waals surface area contributed by atoms with E-state index in [4.69, 9.17) is 10.9 Å². The average Bonchev–Trinajstić information content (AvgIpc) is 2.99. The Morgan fingerprint density at radius 3 is 2.69 bits per heavy atom. The largest absolute Gasteiger partial charge is 0.409 e. The summed E-state index contributed by atoms with van der Waals surface area (Å²) in [7, 11) is -3.23. The first-order chi connectivity index (χ1) is 7.46. The first-order valence-electron chi connectivity index (χ1n) is 5.43. The molecule has 94 valence electrons. The Morgan fingerprint density at radius 2 is 2.25 bits per heavy atom. The van der Waals surface area contributed by atoms with Crippen molar-refractivity contribution in [2.24, 2.45) is 16.8 Å². The van der Waals surface area contributed by atoms with Gasteiger partial charge in [-0.3, -0.25) is 0 Å². The highest BCUT2D eigenvalue weighted by Gasteiger charge is 2.29. The Bertz CT molecular complexity index is 349. The van der Waals surface area contributed by atoms with E-state index in [9.17, 15) is 8.42 Å². The van der Waals surface area contributed by atoms with Crippen molar-refractivity contribution >= 4 is 15.9 Å². The second kappa shape index (κ2) is 5.49. The summed E-state index contributed by atoms with van der Waals surface area (Å²) in [5.74, 6) is 0.555. The molecular weight excluding hydrogens is 230 g/mol. The molecule has 0 aliphatic heterocycles. The van der Waals surface area contributed by atoms with Gasteiger partial charge in [0, 0.05) is 12.5 Å². The molecule has 1 saturated carbocycles. The number of nitrogens with one attached hydrogen (secondary N) is 1. The maximum absolute atomic E-state index is 11.7. The molecule has 1 fully saturated rings. The third kappa shape index (κ3) is 4.80. The van der Waals surface area contributed by atoms with E-state index in [1.807, 2.05) is 6.92 Å². The molecule has 0 aromatic rings. The summed E-state index contributed by atoms with van der Waals surface area (Å²) >= 11 is 0. The zero-order chi connectivity index (χ0) is 12.2. The van der Waals surface area contributed by atoms with Crippen molar-refractivity contribution in [2.75, 3.05) is 5.75 Å². The lowest BCUT2D eigenvalue weighted by Crippen LogP contribution is -2.39. The maximum Gasteiger partial charge on any atom is 0.212 e. The fourth-order valence-electron chi connectivity index (χ4n) is 1.46. The van der Waals surface area contributed by atoms with Gasteiger partial charge in [0.25, 0.3) is 0 Å². The molecule has 0 spiro atoms. The molecule has 0 heterocycles. The molecule has 0 aromatic carbocycles. The number of rotatable bonds is 7. The second-order valence-electron chi connectivity index (χ2n) is 4.24. The summed E-state index contributed by atoms with van der Waals surface area (Å²) in [5.41, 5.74) is 5.35. The quantitative estimate of drug-likeness (QED) is 0.260. The third-order valence-corrected chi connectivity index (χ3v) is 4.18. The zero-order valence-corrected chi connectivity index (χ0v) is 10.2. The van der Waals surface area contributed by atoms with E-state index in [0.29, 0.717) is 12.3 Å². The van der Waals surface area contributed by atoms with Crippen LogP contribution in [0.25, 0.3) is 0 Å². The van der Waals surface area contributed by atoms with E-state index in [2.05, 4.69) is 9.88 Å². The van der Waals surface area contributed by atoms with E-state index < -0.39 is 10.0 Å². The van der Waals surface area contributed by atoms with Crippen LogP contribution in [0.15, 0.2) is 5.16 Å². The van der Waals surface area contributed by atoms with Crippen molar-refractivity contribution in [3.05, 3.63) is 0 Å². The van der Waals surface area contributed by atoms with Crippen molar-refractivity contribution in [1.82, 2.24) is 4.72 Å². The van der Waals surface area contributed by atoms with Gasteiger partial charge in [0.05, 0.1) is 5.75 Å². The minimum Gasteiger partial charge on any atom is -0.409 e. The van der Waals surface area contributed by atoms with Gasteiger partial charge in [-0.15, -0.1) is 0 Å². The molecule has 1 unspecified atom stereocenters. The maximum atomic E-state index is 11.7. The number of oxime groups is 1. The Labute approximate surface area is 95.9 Å². The lowest BCUT2D eigenvalue weighted by molar-refractivity contribution is 0.316. The molecule has 0 aromatic heterocycles. The summed E-state index contributed by atoms with van der Waals surface area (Å²) in [6, 6.07) is -0.292. The monoisotopic (exact) mass is 249 g/mol. The third-order valence-electron chi connectivity index (χ3n) is 2.58. The Kier molecular flexibility index (Phi) is 4.55. The smallest absolute Gasteiger partial charge is 0.212 e. The lowest BCUT2D eigenvalue weighted by atomic mass is 10.1. The van der Waals surface area contributed by atoms with Gasteiger partial charge in [0.15, 0.2) is 0 Å². The summed E-state index contributed by atoms with van der Waals surface area (Å²) in [4.78, 5) is 0. The molecule has 1 atom stereocenters.